The average molecular weight is 416 g/mol. The van der Waals surface area contributed by atoms with Gasteiger partial charge in [0.05, 0.1) is 39.4 Å². The Morgan fingerprint density at radius 1 is 0.767 bits per heavy atom. The predicted octanol–water partition coefficient (Wildman–Crippen LogP) is 4.52. The maximum Gasteiger partial charge on any atom is 0.222 e. The van der Waals surface area contributed by atoms with Gasteiger partial charge in [-0.1, -0.05) is 48.0 Å². The van der Waals surface area contributed by atoms with Gasteiger partial charge in [0.1, 0.15) is 5.15 Å². The highest BCUT2D eigenvalue weighted by Gasteiger charge is 2.24. The number of nitrogens with two attached hydrogens (primary N) is 1. The summed E-state index contributed by atoms with van der Waals surface area (Å²) < 4.78 is 3.48. The minimum Gasteiger partial charge on any atom is -0.368 e. The van der Waals surface area contributed by atoms with Crippen LogP contribution < -0.4 is 5.73 Å². The van der Waals surface area contributed by atoms with Crippen molar-refractivity contribution in [1.29, 1.82) is 0 Å². The number of hydrogen-bond donors (Lipinski definition) is 1. The van der Waals surface area contributed by atoms with Crippen molar-refractivity contribution in [2.24, 2.45) is 0 Å². The van der Waals surface area contributed by atoms with Gasteiger partial charge in [-0.25, -0.2) is 14.3 Å². The van der Waals surface area contributed by atoms with E-state index in [0.717, 1.165) is 33.7 Å². The van der Waals surface area contributed by atoms with Crippen LogP contribution in [-0.2, 0) is 0 Å². The second kappa shape index (κ2) is 6.96. The largest absolute Gasteiger partial charge is 0.368 e. The number of nitrogens with zero attached hydrogens (tertiary/aromatic N) is 6. The average Bonchev–Trinajstić information content (AvgIpc) is 3.24. The van der Waals surface area contributed by atoms with Crippen molar-refractivity contribution in [3.63, 3.8) is 0 Å². The Hall–Kier alpha value is -3.71. The zero-order chi connectivity index (χ0) is 20.8. The van der Waals surface area contributed by atoms with Gasteiger partial charge in [0, 0.05) is 0 Å². The molecule has 0 bridgehead atoms. The molecular weight excluding hydrogens is 398 g/mol. The van der Waals surface area contributed by atoms with Gasteiger partial charge < -0.3 is 5.73 Å². The molecule has 148 valence electrons. The molecule has 0 atom stereocenters. The minimum atomic E-state index is 0.150. The van der Waals surface area contributed by atoms with Gasteiger partial charge in [0.25, 0.3) is 0 Å². The second-order valence-corrected chi connectivity index (χ2v) is 7.32. The maximum atomic E-state index is 6.80. The summed E-state index contributed by atoms with van der Waals surface area (Å²) in [6.07, 6.45) is 0. The molecule has 7 nitrogen and oxygen atoms in total. The maximum absolute atomic E-state index is 6.80. The number of para-hydroxylation sites is 2. The number of rotatable bonds is 3. The molecule has 0 radical (unpaired) electrons. The zero-order valence-corrected chi connectivity index (χ0v) is 17.2. The molecular formula is C22H18ClN7. The monoisotopic (exact) mass is 415 g/mol. The van der Waals surface area contributed by atoms with Crippen molar-refractivity contribution in [2.75, 3.05) is 5.73 Å². The molecule has 0 spiro atoms. The molecule has 5 rings (SSSR count). The van der Waals surface area contributed by atoms with Gasteiger partial charge in [-0.15, -0.1) is 0 Å². The van der Waals surface area contributed by atoms with E-state index in [9.17, 15) is 0 Å². The van der Waals surface area contributed by atoms with Crippen LogP contribution in [0.4, 0.5) is 5.95 Å². The minimum absolute atomic E-state index is 0.150. The predicted molar refractivity (Wildman–Crippen MR) is 118 cm³/mol. The van der Waals surface area contributed by atoms with Crippen LogP contribution in [0.25, 0.3) is 33.7 Å². The van der Waals surface area contributed by atoms with E-state index in [1.54, 1.807) is 9.36 Å². The summed E-state index contributed by atoms with van der Waals surface area (Å²) in [4.78, 5) is 9.02. The Balaban J connectivity index is 1.79. The fourth-order valence-electron chi connectivity index (χ4n) is 3.64. The number of fused-ring (bicyclic) bond motifs is 1. The molecule has 3 heterocycles. The van der Waals surface area contributed by atoms with Crippen molar-refractivity contribution in [2.45, 2.75) is 13.8 Å². The van der Waals surface area contributed by atoms with E-state index in [1.807, 2.05) is 74.5 Å². The molecule has 2 aromatic carbocycles. The summed E-state index contributed by atoms with van der Waals surface area (Å²) >= 11 is 6.80. The smallest absolute Gasteiger partial charge is 0.222 e. The lowest BCUT2D eigenvalue weighted by Gasteiger charge is -2.07. The van der Waals surface area contributed by atoms with Gasteiger partial charge in [0.15, 0.2) is 5.65 Å². The molecule has 8 heteroatoms. The van der Waals surface area contributed by atoms with Gasteiger partial charge in [-0.3, -0.25) is 0 Å². The first kappa shape index (κ1) is 18.3. The van der Waals surface area contributed by atoms with Crippen LogP contribution in [0.3, 0.4) is 0 Å². The molecule has 0 saturated carbocycles. The highest BCUT2D eigenvalue weighted by Crippen LogP contribution is 2.37. The van der Waals surface area contributed by atoms with Crippen LogP contribution in [0.15, 0.2) is 60.7 Å². The van der Waals surface area contributed by atoms with E-state index in [-0.39, 0.29) is 5.95 Å². The number of halogens is 1. The molecule has 0 aliphatic rings. The van der Waals surface area contributed by atoms with Gasteiger partial charge in [-0.2, -0.15) is 15.2 Å². The fourth-order valence-corrected chi connectivity index (χ4v) is 4.00. The number of nitrogen functional groups attached to an aromatic ring is 1. The first-order valence-electron chi connectivity index (χ1n) is 9.44. The van der Waals surface area contributed by atoms with E-state index >= 15 is 0 Å². The Bertz CT molecular complexity index is 1370. The SMILES string of the molecule is Cc1nn(-c2ccccc2)c(Cl)c1-c1nc(N)nc2c1c(C)nn2-c1ccccc1. The Labute approximate surface area is 177 Å². The molecule has 0 aliphatic heterocycles. The molecule has 0 fully saturated rings. The number of anilines is 1. The van der Waals surface area contributed by atoms with Crippen LogP contribution in [-0.4, -0.2) is 29.5 Å². The molecule has 0 saturated heterocycles. The topological polar surface area (TPSA) is 87.4 Å². The standard InChI is InChI=1S/C22H18ClN7/c1-13-17(20(23)29(27-13)15-9-5-3-6-10-15)19-18-14(2)28-30(16-11-7-4-8-12-16)21(18)26-22(24)25-19/h3-12H,1-2H3,(H2,24,25,26). The quantitative estimate of drug-likeness (QED) is 0.468. The summed E-state index contributed by atoms with van der Waals surface area (Å²) in [6, 6.07) is 19.5. The highest BCUT2D eigenvalue weighted by atomic mass is 35.5. The fraction of sp³-hybridized carbons (Fsp3) is 0.0909. The van der Waals surface area contributed by atoms with Crippen LogP contribution in [0.5, 0.6) is 0 Å². The summed E-state index contributed by atoms with van der Waals surface area (Å²) in [5.74, 6) is 0.150. The summed E-state index contributed by atoms with van der Waals surface area (Å²) in [7, 11) is 0. The van der Waals surface area contributed by atoms with E-state index in [0.29, 0.717) is 16.5 Å². The summed E-state index contributed by atoms with van der Waals surface area (Å²) in [5.41, 5.74) is 11.4. The Kier molecular flexibility index (Phi) is 4.25. The third-order valence-corrected chi connectivity index (χ3v) is 5.31. The van der Waals surface area contributed by atoms with Crippen LogP contribution in [0, 0.1) is 13.8 Å². The van der Waals surface area contributed by atoms with Crippen LogP contribution in [0.1, 0.15) is 11.4 Å². The Morgan fingerprint density at radius 2 is 1.33 bits per heavy atom. The molecule has 0 amide bonds. The third-order valence-electron chi connectivity index (χ3n) is 4.96. The highest BCUT2D eigenvalue weighted by molar-refractivity contribution is 6.33. The summed E-state index contributed by atoms with van der Waals surface area (Å²) in [5, 5.41) is 10.6. The lowest BCUT2D eigenvalue weighted by molar-refractivity contribution is 0.863. The first-order valence-corrected chi connectivity index (χ1v) is 9.81. The Morgan fingerprint density at radius 3 is 1.97 bits per heavy atom. The third kappa shape index (κ3) is 2.83. The van der Waals surface area contributed by atoms with Crippen LogP contribution >= 0.6 is 11.6 Å². The normalized spacial score (nSPS) is 11.3. The number of hydrogen-bond acceptors (Lipinski definition) is 5. The zero-order valence-electron chi connectivity index (χ0n) is 16.4. The lowest BCUT2D eigenvalue weighted by atomic mass is 10.1. The van der Waals surface area contributed by atoms with Crippen molar-refractivity contribution < 1.29 is 0 Å². The van der Waals surface area contributed by atoms with Crippen molar-refractivity contribution >= 4 is 28.6 Å². The number of aromatic nitrogens is 6. The molecule has 30 heavy (non-hydrogen) atoms. The van der Waals surface area contributed by atoms with Crippen molar-refractivity contribution in [3.8, 4) is 22.6 Å². The molecule has 0 unspecified atom stereocenters. The van der Waals surface area contributed by atoms with Crippen molar-refractivity contribution in [1.82, 2.24) is 29.5 Å². The van der Waals surface area contributed by atoms with E-state index in [1.165, 1.54) is 0 Å². The van der Waals surface area contributed by atoms with E-state index < -0.39 is 0 Å². The van der Waals surface area contributed by atoms with Gasteiger partial charge >= 0.3 is 0 Å². The first-order chi connectivity index (χ1) is 14.5. The molecule has 3 aromatic heterocycles. The number of benzene rings is 2. The van der Waals surface area contributed by atoms with E-state index in [4.69, 9.17) is 22.4 Å². The van der Waals surface area contributed by atoms with Gasteiger partial charge in [0.2, 0.25) is 5.95 Å². The van der Waals surface area contributed by atoms with Gasteiger partial charge in [-0.05, 0) is 38.1 Å². The number of aryl methyl sites for hydroxylation is 2. The van der Waals surface area contributed by atoms with Crippen LogP contribution in [0.2, 0.25) is 5.15 Å². The molecule has 0 aliphatic carbocycles. The molecule has 5 aromatic rings. The van der Waals surface area contributed by atoms with Crippen molar-refractivity contribution in [3.05, 3.63) is 77.2 Å². The second-order valence-electron chi connectivity index (χ2n) is 6.96. The molecule has 2 N–H and O–H groups in total. The summed E-state index contributed by atoms with van der Waals surface area (Å²) in [6.45, 7) is 3.83. The lowest BCUT2D eigenvalue weighted by Crippen LogP contribution is -2.02. The van der Waals surface area contributed by atoms with E-state index in [2.05, 4.69) is 15.1 Å².